The van der Waals surface area contributed by atoms with Gasteiger partial charge in [-0.2, -0.15) is 0 Å². The molecule has 0 heterocycles. The molecule has 0 aromatic carbocycles. The van der Waals surface area contributed by atoms with Crippen molar-refractivity contribution >= 4 is 17.5 Å². The molecule has 0 aliphatic carbocycles. The zero-order chi connectivity index (χ0) is 18.4. The molecule has 0 saturated carbocycles. The highest BCUT2D eigenvalue weighted by molar-refractivity contribution is 6.27. The van der Waals surface area contributed by atoms with E-state index in [0.29, 0.717) is 0 Å². The zero-order valence-corrected chi connectivity index (χ0v) is 17.7. The monoisotopic (exact) mass is 373 g/mol. The Morgan fingerprint density at radius 2 is 0.920 bits per heavy atom. The molecule has 0 aromatic rings. The molecule has 0 spiro atoms. The molecule has 0 saturated heterocycles. The third-order valence-electron chi connectivity index (χ3n) is 4.97. The van der Waals surface area contributed by atoms with Crippen molar-refractivity contribution in [2.24, 2.45) is 0 Å². The first kappa shape index (κ1) is 24.8. The van der Waals surface area contributed by atoms with Gasteiger partial charge in [0.15, 0.2) is 0 Å². The maximum Gasteiger partial charge on any atom is 0.234 e. The minimum atomic E-state index is -0.0476. The summed E-state index contributed by atoms with van der Waals surface area (Å²) in [6.07, 6.45) is 25.0. The lowest BCUT2D eigenvalue weighted by Gasteiger charge is -2.04. The number of carbonyl (C=O) groups is 1. The first-order valence-electron chi connectivity index (χ1n) is 11.1. The van der Waals surface area contributed by atoms with Crippen molar-refractivity contribution in [2.45, 2.75) is 122 Å². The van der Waals surface area contributed by atoms with Gasteiger partial charge in [-0.1, -0.05) is 116 Å². The second-order valence-electron chi connectivity index (χ2n) is 7.49. The maximum absolute atomic E-state index is 11.0. The summed E-state index contributed by atoms with van der Waals surface area (Å²) >= 11 is 5.43. The van der Waals surface area contributed by atoms with E-state index in [4.69, 9.17) is 11.6 Å². The van der Waals surface area contributed by atoms with Crippen LogP contribution in [0, 0.1) is 0 Å². The summed E-state index contributed by atoms with van der Waals surface area (Å²) in [6, 6.07) is 0. The van der Waals surface area contributed by atoms with Crippen LogP contribution in [0.5, 0.6) is 0 Å². The minimum Gasteiger partial charge on any atom is -0.355 e. The third kappa shape index (κ3) is 21.7. The highest BCUT2D eigenvalue weighted by Crippen LogP contribution is 2.14. The normalized spacial score (nSPS) is 11.0. The van der Waals surface area contributed by atoms with Crippen LogP contribution in [-0.2, 0) is 4.79 Å². The van der Waals surface area contributed by atoms with Gasteiger partial charge in [0.05, 0.1) is 0 Å². The molecule has 0 unspecified atom stereocenters. The summed E-state index contributed by atoms with van der Waals surface area (Å²) in [6.45, 7) is 3.07. The van der Waals surface area contributed by atoms with Crippen LogP contribution in [0.15, 0.2) is 0 Å². The van der Waals surface area contributed by atoms with Crippen molar-refractivity contribution in [3.8, 4) is 0 Å². The number of hydrogen-bond acceptors (Lipinski definition) is 1. The lowest BCUT2D eigenvalue weighted by Crippen LogP contribution is -2.25. The smallest absolute Gasteiger partial charge is 0.234 e. The molecule has 0 aromatic heterocycles. The summed E-state index contributed by atoms with van der Waals surface area (Å²) in [7, 11) is 0. The second kappa shape index (κ2) is 21.8. The average molecular weight is 374 g/mol. The second-order valence-corrected chi connectivity index (χ2v) is 7.76. The molecule has 0 aliphatic heterocycles. The van der Waals surface area contributed by atoms with Gasteiger partial charge in [-0.3, -0.25) is 4.79 Å². The summed E-state index contributed by atoms with van der Waals surface area (Å²) in [4.78, 5) is 11.0. The third-order valence-corrected chi connectivity index (χ3v) is 5.22. The van der Waals surface area contributed by atoms with Gasteiger partial charge in [0.25, 0.3) is 0 Å². The number of alkyl halides is 1. The molecule has 0 atom stereocenters. The van der Waals surface area contributed by atoms with E-state index >= 15 is 0 Å². The van der Waals surface area contributed by atoms with E-state index in [9.17, 15) is 4.79 Å². The zero-order valence-electron chi connectivity index (χ0n) is 16.9. The van der Waals surface area contributed by atoms with E-state index in [1.54, 1.807) is 0 Å². The molecule has 0 aliphatic rings. The van der Waals surface area contributed by atoms with E-state index < -0.39 is 0 Å². The van der Waals surface area contributed by atoms with Gasteiger partial charge in [0.1, 0.15) is 5.88 Å². The summed E-state index contributed by atoms with van der Waals surface area (Å²) in [5.41, 5.74) is 0. The van der Waals surface area contributed by atoms with Crippen LogP contribution < -0.4 is 5.32 Å². The van der Waals surface area contributed by atoms with Crippen molar-refractivity contribution in [1.82, 2.24) is 5.32 Å². The van der Waals surface area contributed by atoms with Crippen molar-refractivity contribution < 1.29 is 4.79 Å². The molecule has 3 heteroatoms. The van der Waals surface area contributed by atoms with E-state index in [0.717, 1.165) is 13.0 Å². The average Bonchev–Trinajstić information content (AvgIpc) is 2.63. The number of amides is 1. The maximum atomic E-state index is 11.0. The van der Waals surface area contributed by atoms with Gasteiger partial charge >= 0.3 is 0 Å². The molecule has 0 fully saturated rings. The van der Waals surface area contributed by atoms with E-state index in [1.165, 1.54) is 109 Å². The Morgan fingerprint density at radius 1 is 0.600 bits per heavy atom. The van der Waals surface area contributed by atoms with Crippen LogP contribution in [0.3, 0.4) is 0 Å². The molecule has 0 bridgehead atoms. The van der Waals surface area contributed by atoms with Crippen molar-refractivity contribution in [3.63, 3.8) is 0 Å². The van der Waals surface area contributed by atoms with Gasteiger partial charge in [0, 0.05) is 6.54 Å². The standard InChI is InChI=1S/C22H44ClNO/c1-2-3-4-5-6-7-8-9-10-11-12-13-14-15-16-17-18-19-20-24-22(25)21-23/h2-21H2,1H3,(H,24,25). The predicted octanol–water partition coefficient (Wildman–Crippen LogP) is 7.38. The number of hydrogen-bond donors (Lipinski definition) is 1. The molecule has 1 N–H and O–H groups in total. The number of nitrogens with one attached hydrogen (secondary N) is 1. The molecular weight excluding hydrogens is 330 g/mol. The molecule has 2 nitrogen and oxygen atoms in total. The summed E-state index contributed by atoms with van der Waals surface area (Å²) < 4.78 is 0. The Kier molecular flexibility index (Phi) is 21.6. The highest BCUT2D eigenvalue weighted by atomic mass is 35.5. The van der Waals surface area contributed by atoms with Gasteiger partial charge in [-0.25, -0.2) is 0 Å². The topological polar surface area (TPSA) is 29.1 Å². The fourth-order valence-corrected chi connectivity index (χ4v) is 3.40. The Labute approximate surface area is 162 Å². The van der Waals surface area contributed by atoms with Gasteiger partial charge in [-0.05, 0) is 6.42 Å². The molecule has 150 valence electrons. The number of unbranched alkanes of at least 4 members (excludes halogenated alkanes) is 17. The Morgan fingerprint density at radius 3 is 1.24 bits per heavy atom. The number of carbonyl (C=O) groups excluding carboxylic acids is 1. The predicted molar refractivity (Wildman–Crippen MR) is 113 cm³/mol. The number of halogens is 1. The van der Waals surface area contributed by atoms with Crippen LogP contribution in [0.2, 0.25) is 0 Å². The lowest BCUT2D eigenvalue weighted by atomic mass is 10.0. The fourth-order valence-electron chi connectivity index (χ4n) is 3.30. The fraction of sp³-hybridized carbons (Fsp3) is 0.955. The highest BCUT2D eigenvalue weighted by Gasteiger charge is 1.97. The SMILES string of the molecule is CCCCCCCCCCCCCCCCCCCCNC(=O)CCl. The van der Waals surface area contributed by atoms with Crippen molar-refractivity contribution in [1.29, 1.82) is 0 Å². The van der Waals surface area contributed by atoms with Gasteiger partial charge in [0.2, 0.25) is 5.91 Å². The quantitative estimate of drug-likeness (QED) is 0.175. The molecular formula is C22H44ClNO. The van der Waals surface area contributed by atoms with E-state index in [-0.39, 0.29) is 11.8 Å². The van der Waals surface area contributed by atoms with Gasteiger partial charge < -0.3 is 5.32 Å². The van der Waals surface area contributed by atoms with Crippen molar-refractivity contribution in [3.05, 3.63) is 0 Å². The number of rotatable bonds is 20. The van der Waals surface area contributed by atoms with Crippen LogP contribution in [-0.4, -0.2) is 18.3 Å². The Hall–Kier alpha value is -0.240. The first-order valence-corrected chi connectivity index (χ1v) is 11.7. The lowest BCUT2D eigenvalue weighted by molar-refractivity contribution is -0.118. The first-order chi connectivity index (χ1) is 12.3. The summed E-state index contributed by atoms with van der Waals surface area (Å²) in [5, 5.41) is 2.82. The van der Waals surface area contributed by atoms with Crippen LogP contribution in [0.4, 0.5) is 0 Å². The van der Waals surface area contributed by atoms with E-state index in [1.807, 2.05) is 0 Å². The van der Waals surface area contributed by atoms with Gasteiger partial charge in [-0.15, -0.1) is 11.6 Å². The van der Waals surface area contributed by atoms with Crippen LogP contribution in [0.25, 0.3) is 0 Å². The minimum absolute atomic E-state index is 0.0476. The molecule has 25 heavy (non-hydrogen) atoms. The van der Waals surface area contributed by atoms with Crippen molar-refractivity contribution in [2.75, 3.05) is 12.4 Å². The Balaban J connectivity index is 2.99. The molecule has 1 amide bonds. The van der Waals surface area contributed by atoms with Crippen LogP contribution in [0.1, 0.15) is 122 Å². The van der Waals surface area contributed by atoms with Crippen LogP contribution >= 0.6 is 11.6 Å². The Bertz CT molecular complexity index is 271. The molecule has 0 rings (SSSR count). The van der Waals surface area contributed by atoms with E-state index in [2.05, 4.69) is 12.2 Å². The summed E-state index contributed by atoms with van der Waals surface area (Å²) in [5.74, 6) is 0.0348. The molecule has 0 radical (unpaired) electrons. The largest absolute Gasteiger partial charge is 0.355 e.